The second-order valence-electron chi connectivity index (χ2n) is 6.13. The van der Waals surface area contributed by atoms with Crippen molar-refractivity contribution < 1.29 is 0 Å². The van der Waals surface area contributed by atoms with Gasteiger partial charge in [0, 0.05) is 18.8 Å². The van der Waals surface area contributed by atoms with Crippen molar-refractivity contribution in [3.05, 3.63) is 47.3 Å². The number of benzene rings is 1. The van der Waals surface area contributed by atoms with E-state index in [-0.39, 0.29) is 0 Å². The van der Waals surface area contributed by atoms with Crippen LogP contribution < -0.4 is 5.32 Å². The lowest BCUT2D eigenvalue weighted by molar-refractivity contribution is 0.678. The zero-order valence-corrected chi connectivity index (χ0v) is 12.6. The molecule has 2 aromatic rings. The molecule has 0 spiro atoms. The van der Waals surface area contributed by atoms with Gasteiger partial charge in [-0.15, -0.1) is 0 Å². The smallest absolute Gasteiger partial charge is 0.0690 e. The zero-order chi connectivity index (χ0) is 14.1. The molecule has 1 aliphatic rings. The maximum atomic E-state index is 4.70. The molecule has 0 aliphatic heterocycles. The molecule has 0 unspecified atom stereocenters. The van der Waals surface area contributed by atoms with Gasteiger partial charge < -0.3 is 5.32 Å². The van der Waals surface area contributed by atoms with Crippen LogP contribution >= 0.6 is 0 Å². The highest BCUT2D eigenvalue weighted by atomic mass is 15.3. The van der Waals surface area contributed by atoms with Gasteiger partial charge in [-0.3, -0.25) is 0 Å². The Morgan fingerprint density at radius 1 is 1.30 bits per heavy atom. The van der Waals surface area contributed by atoms with Gasteiger partial charge in [-0.05, 0) is 43.4 Å². The number of nitrogens with zero attached hydrogens (tertiary/aromatic N) is 2. The van der Waals surface area contributed by atoms with E-state index in [4.69, 9.17) is 5.10 Å². The summed E-state index contributed by atoms with van der Waals surface area (Å²) < 4.78 is 2.01. The summed E-state index contributed by atoms with van der Waals surface area (Å²) in [6.07, 6.45) is 4.71. The molecule has 1 aromatic heterocycles. The van der Waals surface area contributed by atoms with Gasteiger partial charge in [-0.1, -0.05) is 31.5 Å². The van der Waals surface area contributed by atoms with Gasteiger partial charge in [-0.25, -0.2) is 4.68 Å². The van der Waals surface area contributed by atoms with E-state index in [0.29, 0.717) is 5.92 Å². The third kappa shape index (κ3) is 2.93. The molecular weight excluding hydrogens is 246 g/mol. The molecule has 0 amide bonds. The van der Waals surface area contributed by atoms with E-state index in [1.54, 1.807) is 0 Å². The number of nitrogens with one attached hydrogen (secondary N) is 1. The fraction of sp³-hybridized carbons (Fsp3) is 0.471. The fourth-order valence-electron chi connectivity index (χ4n) is 2.40. The molecule has 3 heteroatoms. The zero-order valence-electron chi connectivity index (χ0n) is 12.6. The Kier molecular flexibility index (Phi) is 3.62. The van der Waals surface area contributed by atoms with E-state index >= 15 is 0 Å². The summed E-state index contributed by atoms with van der Waals surface area (Å²) in [5, 5.41) is 8.30. The molecule has 0 bridgehead atoms. The molecule has 106 valence electrons. The van der Waals surface area contributed by atoms with Crippen LogP contribution in [0.5, 0.6) is 0 Å². The Balaban J connectivity index is 1.89. The lowest BCUT2D eigenvalue weighted by atomic mass is 10.1. The van der Waals surface area contributed by atoms with Gasteiger partial charge in [0.25, 0.3) is 0 Å². The third-order valence-corrected chi connectivity index (χ3v) is 3.84. The number of aryl methyl sites for hydroxylation is 1. The van der Waals surface area contributed by atoms with E-state index in [1.165, 1.54) is 29.7 Å². The van der Waals surface area contributed by atoms with E-state index in [9.17, 15) is 0 Å². The molecule has 20 heavy (non-hydrogen) atoms. The minimum atomic E-state index is 0.467. The van der Waals surface area contributed by atoms with Crippen molar-refractivity contribution in [3.8, 4) is 5.69 Å². The van der Waals surface area contributed by atoms with Crippen molar-refractivity contribution in [2.45, 2.75) is 52.1 Å². The Hall–Kier alpha value is -1.61. The summed E-state index contributed by atoms with van der Waals surface area (Å²) in [6, 6.07) is 9.44. The normalized spacial score (nSPS) is 15.0. The summed E-state index contributed by atoms with van der Waals surface area (Å²) in [7, 11) is 0. The molecule has 3 rings (SSSR count). The highest BCUT2D eigenvalue weighted by Gasteiger charge is 2.20. The minimum absolute atomic E-state index is 0.467. The summed E-state index contributed by atoms with van der Waals surface area (Å²) in [5.74, 6) is 0.467. The highest BCUT2D eigenvalue weighted by Crippen LogP contribution is 2.22. The van der Waals surface area contributed by atoms with Gasteiger partial charge >= 0.3 is 0 Å². The first-order valence-electron chi connectivity index (χ1n) is 7.52. The van der Waals surface area contributed by atoms with E-state index in [2.05, 4.69) is 56.6 Å². The van der Waals surface area contributed by atoms with E-state index in [1.807, 2.05) is 4.68 Å². The molecule has 0 atom stereocenters. The molecule has 0 radical (unpaired) electrons. The standard InChI is InChI=1S/C17H23N3/c1-12(2)16-8-9-20(19-16)17-7-4-13(3)10-14(17)11-18-15-5-6-15/h4,7-10,12,15,18H,5-6,11H2,1-3H3. The van der Waals surface area contributed by atoms with E-state index in [0.717, 1.165) is 18.3 Å². The first kappa shape index (κ1) is 13.4. The van der Waals surface area contributed by atoms with Crippen LogP contribution in [0.25, 0.3) is 5.69 Å². The van der Waals surface area contributed by atoms with Crippen molar-refractivity contribution >= 4 is 0 Å². The SMILES string of the molecule is Cc1ccc(-n2ccc(C(C)C)n2)c(CNC2CC2)c1. The van der Waals surface area contributed by atoms with Crippen molar-refractivity contribution in [2.24, 2.45) is 0 Å². The second kappa shape index (κ2) is 5.41. The average Bonchev–Trinajstić information content (AvgIpc) is 3.11. The van der Waals surface area contributed by atoms with Gasteiger partial charge in [0.05, 0.1) is 11.4 Å². The molecular formula is C17H23N3. The third-order valence-electron chi connectivity index (χ3n) is 3.84. The van der Waals surface area contributed by atoms with Crippen LogP contribution in [0.3, 0.4) is 0 Å². The molecule has 1 saturated carbocycles. The first-order valence-corrected chi connectivity index (χ1v) is 7.52. The van der Waals surface area contributed by atoms with Crippen LogP contribution in [0.1, 0.15) is 49.4 Å². The molecule has 3 nitrogen and oxygen atoms in total. The largest absolute Gasteiger partial charge is 0.310 e. The van der Waals surface area contributed by atoms with Crippen LogP contribution in [0.4, 0.5) is 0 Å². The van der Waals surface area contributed by atoms with Crippen molar-refractivity contribution in [2.75, 3.05) is 0 Å². The number of hydrogen-bond donors (Lipinski definition) is 1. The molecule has 1 heterocycles. The predicted octanol–water partition coefficient (Wildman–Crippen LogP) is 3.56. The lowest BCUT2D eigenvalue weighted by Crippen LogP contribution is -2.17. The minimum Gasteiger partial charge on any atom is -0.310 e. The van der Waals surface area contributed by atoms with Gasteiger partial charge in [0.1, 0.15) is 0 Å². The average molecular weight is 269 g/mol. The molecule has 1 fully saturated rings. The summed E-state index contributed by atoms with van der Waals surface area (Å²) in [6.45, 7) is 7.43. The van der Waals surface area contributed by atoms with Crippen LogP contribution in [-0.4, -0.2) is 15.8 Å². The fourth-order valence-corrected chi connectivity index (χ4v) is 2.40. The second-order valence-corrected chi connectivity index (χ2v) is 6.13. The maximum Gasteiger partial charge on any atom is 0.0690 e. The Bertz CT molecular complexity index is 594. The van der Waals surface area contributed by atoms with Crippen molar-refractivity contribution in [3.63, 3.8) is 0 Å². The van der Waals surface area contributed by atoms with Crippen LogP contribution in [-0.2, 0) is 6.54 Å². The number of rotatable bonds is 5. The topological polar surface area (TPSA) is 29.9 Å². The predicted molar refractivity (Wildman–Crippen MR) is 82.3 cm³/mol. The Labute approximate surface area is 121 Å². The summed E-state index contributed by atoms with van der Waals surface area (Å²) in [5.41, 5.74) is 4.97. The molecule has 0 saturated heterocycles. The van der Waals surface area contributed by atoms with Crippen LogP contribution in [0, 0.1) is 6.92 Å². The van der Waals surface area contributed by atoms with Gasteiger partial charge in [0.15, 0.2) is 0 Å². The highest BCUT2D eigenvalue weighted by molar-refractivity contribution is 5.43. The molecule has 1 N–H and O–H groups in total. The van der Waals surface area contributed by atoms with Gasteiger partial charge in [-0.2, -0.15) is 5.10 Å². The van der Waals surface area contributed by atoms with Crippen LogP contribution in [0.2, 0.25) is 0 Å². The van der Waals surface area contributed by atoms with Crippen molar-refractivity contribution in [1.29, 1.82) is 0 Å². The van der Waals surface area contributed by atoms with Gasteiger partial charge in [0.2, 0.25) is 0 Å². The summed E-state index contributed by atoms with van der Waals surface area (Å²) >= 11 is 0. The first-order chi connectivity index (χ1) is 9.63. The lowest BCUT2D eigenvalue weighted by Gasteiger charge is -2.12. The van der Waals surface area contributed by atoms with Crippen LogP contribution in [0.15, 0.2) is 30.5 Å². The summed E-state index contributed by atoms with van der Waals surface area (Å²) in [4.78, 5) is 0. The van der Waals surface area contributed by atoms with Crippen molar-refractivity contribution in [1.82, 2.24) is 15.1 Å². The Morgan fingerprint density at radius 3 is 2.75 bits per heavy atom. The molecule has 1 aromatic carbocycles. The Morgan fingerprint density at radius 2 is 2.10 bits per heavy atom. The quantitative estimate of drug-likeness (QED) is 0.899. The number of hydrogen-bond acceptors (Lipinski definition) is 2. The maximum absolute atomic E-state index is 4.70. The molecule has 1 aliphatic carbocycles. The number of aromatic nitrogens is 2. The van der Waals surface area contributed by atoms with E-state index < -0.39 is 0 Å². The monoisotopic (exact) mass is 269 g/mol.